The van der Waals surface area contributed by atoms with Crippen molar-refractivity contribution in [3.8, 4) is 0 Å². The van der Waals surface area contributed by atoms with E-state index in [0.29, 0.717) is 10.0 Å². The molecule has 0 N–H and O–H groups in total. The number of ether oxygens (including phenoxy) is 1. The van der Waals surface area contributed by atoms with Gasteiger partial charge in [0.05, 0.1) is 5.56 Å². The van der Waals surface area contributed by atoms with Crippen molar-refractivity contribution in [1.82, 2.24) is 0 Å². The molecule has 2 aromatic carbocycles. The number of benzene rings is 2. The molecule has 0 fully saturated rings. The van der Waals surface area contributed by atoms with Crippen LogP contribution in [0.3, 0.4) is 0 Å². The molecule has 1 atom stereocenters. The number of carbonyl (C=O) groups excluding carboxylic acids is 2. The lowest BCUT2D eigenvalue weighted by Gasteiger charge is -2.13. The van der Waals surface area contributed by atoms with Gasteiger partial charge in [-0.2, -0.15) is 0 Å². The van der Waals surface area contributed by atoms with Crippen molar-refractivity contribution in [2.45, 2.75) is 20.0 Å². The van der Waals surface area contributed by atoms with Gasteiger partial charge >= 0.3 is 5.97 Å². The van der Waals surface area contributed by atoms with E-state index in [1.165, 1.54) is 25.1 Å². The summed E-state index contributed by atoms with van der Waals surface area (Å²) >= 11 is 3.11. The summed E-state index contributed by atoms with van der Waals surface area (Å²) in [5, 5.41) is 0. The third-order valence-corrected chi connectivity index (χ3v) is 3.63. The lowest BCUT2D eigenvalue weighted by molar-refractivity contribution is 0.0314. The van der Waals surface area contributed by atoms with Gasteiger partial charge in [-0.15, -0.1) is 0 Å². The molecule has 2 rings (SSSR count). The lowest BCUT2D eigenvalue weighted by atomic mass is 10.1. The average molecular weight is 365 g/mol. The van der Waals surface area contributed by atoms with E-state index in [9.17, 15) is 14.0 Å². The lowest BCUT2D eigenvalue weighted by Crippen LogP contribution is -2.24. The Morgan fingerprint density at radius 1 is 1.14 bits per heavy atom. The van der Waals surface area contributed by atoms with Gasteiger partial charge in [0.2, 0.25) is 5.78 Å². The molecule has 22 heavy (non-hydrogen) atoms. The van der Waals surface area contributed by atoms with Crippen LogP contribution in [-0.4, -0.2) is 17.9 Å². The Labute approximate surface area is 136 Å². The summed E-state index contributed by atoms with van der Waals surface area (Å²) in [6.07, 6.45) is -0.988. The van der Waals surface area contributed by atoms with Crippen molar-refractivity contribution in [2.75, 3.05) is 0 Å². The molecule has 5 heteroatoms. The van der Waals surface area contributed by atoms with Crippen LogP contribution in [0.4, 0.5) is 4.39 Å². The summed E-state index contributed by atoms with van der Waals surface area (Å²) in [5.41, 5.74) is 1.27. The van der Waals surface area contributed by atoms with Crippen LogP contribution in [0.5, 0.6) is 0 Å². The van der Waals surface area contributed by atoms with Crippen LogP contribution in [0.15, 0.2) is 46.9 Å². The number of hydrogen-bond acceptors (Lipinski definition) is 3. The first-order valence-electron chi connectivity index (χ1n) is 6.65. The maximum atomic E-state index is 13.7. The zero-order valence-electron chi connectivity index (χ0n) is 12.1. The second-order valence-corrected chi connectivity index (χ2v) is 5.82. The van der Waals surface area contributed by atoms with Crippen molar-refractivity contribution in [3.05, 3.63) is 69.4 Å². The van der Waals surface area contributed by atoms with Gasteiger partial charge in [0.25, 0.3) is 0 Å². The van der Waals surface area contributed by atoms with Crippen molar-refractivity contribution in [3.63, 3.8) is 0 Å². The summed E-state index contributed by atoms with van der Waals surface area (Å²) in [4.78, 5) is 24.1. The van der Waals surface area contributed by atoms with E-state index in [-0.39, 0.29) is 11.3 Å². The summed E-state index contributed by atoms with van der Waals surface area (Å²) in [7, 11) is 0. The number of Topliss-reactive ketones (excluding diaryl/α,β-unsaturated/α-hetero) is 1. The van der Waals surface area contributed by atoms with E-state index in [2.05, 4.69) is 15.9 Å². The highest BCUT2D eigenvalue weighted by Gasteiger charge is 2.22. The fourth-order valence-electron chi connectivity index (χ4n) is 1.89. The number of halogens is 2. The predicted molar refractivity (Wildman–Crippen MR) is 84.5 cm³/mol. The van der Waals surface area contributed by atoms with E-state index < -0.39 is 17.9 Å². The van der Waals surface area contributed by atoms with Gasteiger partial charge in [-0.1, -0.05) is 45.8 Å². The Bertz CT molecular complexity index is 710. The van der Waals surface area contributed by atoms with E-state index in [1.807, 2.05) is 6.92 Å². The summed E-state index contributed by atoms with van der Waals surface area (Å²) in [6, 6.07) is 11.0. The van der Waals surface area contributed by atoms with Crippen LogP contribution in [-0.2, 0) is 4.74 Å². The van der Waals surface area contributed by atoms with Crippen LogP contribution in [0, 0.1) is 12.7 Å². The Morgan fingerprint density at radius 3 is 2.36 bits per heavy atom. The summed E-state index contributed by atoms with van der Waals surface area (Å²) in [5.74, 6) is -1.89. The number of carbonyl (C=O) groups is 2. The first kappa shape index (κ1) is 16.4. The van der Waals surface area contributed by atoms with Crippen LogP contribution in [0.2, 0.25) is 0 Å². The van der Waals surface area contributed by atoms with E-state index in [1.54, 1.807) is 24.3 Å². The van der Waals surface area contributed by atoms with Crippen LogP contribution in [0.1, 0.15) is 33.2 Å². The topological polar surface area (TPSA) is 43.4 Å². The molecule has 0 spiro atoms. The fourth-order valence-corrected chi connectivity index (χ4v) is 2.22. The third kappa shape index (κ3) is 3.80. The molecule has 0 amide bonds. The Balaban J connectivity index is 2.10. The highest BCUT2D eigenvalue weighted by Crippen LogP contribution is 2.17. The Morgan fingerprint density at radius 2 is 1.77 bits per heavy atom. The predicted octanol–water partition coefficient (Wildman–Crippen LogP) is 4.32. The number of ketones is 1. The molecule has 0 aliphatic rings. The molecule has 0 saturated carbocycles. The molecule has 0 aromatic heterocycles. The standard InChI is InChI=1S/C17H14BrFO3/c1-10-3-5-12(6-4-10)16(20)11(2)22-17(21)14-8-7-13(18)9-15(14)19/h3-9,11H,1-2H3/t11-/m0/s1. The first-order chi connectivity index (χ1) is 10.4. The second-order valence-electron chi connectivity index (χ2n) is 4.90. The summed E-state index contributed by atoms with van der Waals surface area (Å²) in [6.45, 7) is 3.38. The van der Waals surface area contributed by atoms with E-state index in [4.69, 9.17) is 4.74 Å². The SMILES string of the molecule is Cc1ccc(C(=O)[C@H](C)OC(=O)c2ccc(Br)cc2F)cc1. The van der Waals surface area contributed by atoms with Gasteiger partial charge in [0, 0.05) is 10.0 Å². The minimum absolute atomic E-state index is 0.202. The van der Waals surface area contributed by atoms with Crippen molar-refractivity contribution < 1.29 is 18.7 Å². The van der Waals surface area contributed by atoms with Crippen molar-refractivity contribution >= 4 is 27.7 Å². The normalized spacial score (nSPS) is 11.8. The smallest absolute Gasteiger partial charge is 0.341 e. The van der Waals surface area contributed by atoms with E-state index >= 15 is 0 Å². The molecule has 2 aromatic rings. The molecule has 114 valence electrons. The van der Waals surface area contributed by atoms with Crippen LogP contribution >= 0.6 is 15.9 Å². The molecular weight excluding hydrogens is 351 g/mol. The number of aryl methyl sites for hydroxylation is 1. The summed E-state index contributed by atoms with van der Waals surface area (Å²) < 4.78 is 19.3. The highest BCUT2D eigenvalue weighted by molar-refractivity contribution is 9.10. The van der Waals surface area contributed by atoms with Gasteiger partial charge in [-0.05, 0) is 32.0 Å². The number of rotatable bonds is 4. The van der Waals surface area contributed by atoms with Crippen LogP contribution < -0.4 is 0 Å². The van der Waals surface area contributed by atoms with Crippen LogP contribution in [0.25, 0.3) is 0 Å². The molecule has 0 bridgehead atoms. The molecule has 0 heterocycles. The average Bonchev–Trinajstić information content (AvgIpc) is 2.47. The molecule has 0 aliphatic carbocycles. The highest BCUT2D eigenvalue weighted by atomic mass is 79.9. The van der Waals surface area contributed by atoms with Gasteiger partial charge in [0.15, 0.2) is 6.10 Å². The monoisotopic (exact) mass is 364 g/mol. The van der Waals surface area contributed by atoms with Crippen molar-refractivity contribution in [1.29, 1.82) is 0 Å². The molecule has 0 aliphatic heterocycles. The van der Waals surface area contributed by atoms with E-state index in [0.717, 1.165) is 5.56 Å². The maximum Gasteiger partial charge on any atom is 0.341 e. The second kappa shape index (κ2) is 6.83. The Kier molecular flexibility index (Phi) is 5.08. The molecular formula is C17H14BrFO3. The van der Waals surface area contributed by atoms with Crippen molar-refractivity contribution in [2.24, 2.45) is 0 Å². The van der Waals surface area contributed by atoms with Gasteiger partial charge in [-0.25, -0.2) is 9.18 Å². The molecule has 0 radical (unpaired) electrons. The third-order valence-electron chi connectivity index (χ3n) is 3.14. The minimum Gasteiger partial charge on any atom is -0.451 e. The zero-order chi connectivity index (χ0) is 16.3. The van der Waals surface area contributed by atoms with Gasteiger partial charge in [-0.3, -0.25) is 4.79 Å². The van der Waals surface area contributed by atoms with Gasteiger partial charge in [0.1, 0.15) is 5.82 Å². The zero-order valence-corrected chi connectivity index (χ0v) is 13.7. The fraction of sp³-hybridized carbons (Fsp3) is 0.176. The molecule has 0 saturated heterocycles. The molecule has 0 unspecified atom stereocenters. The quantitative estimate of drug-likeness (QED) is 0.599. The minimum atomic E-state index is -0.988. The largest absolute Gasteiger partial charge is 0.451 e. The van der Waals surface area contributed by atoms with Gasteiger partial charge < -0.3 is 4.74 Å². The molecule has 3 nitrogen and oxygen atoms in total. The number of esters is 1. The Hall–Kier alpha value is -2.01. The first-order valence-corrected chi connectivity index (χ1v) is 7.44. The maximum absolute atomic E-state index is 13.7. The number of hydrogen-bond donors (Lipinski definition) is 0.